The average molecular weight is 355 g/mol. The van der Waals surface area contributed by atoms with E-state index in [0.717, 1.165) is 48.9 Å². The van der Waals surface area contributed by atoms with Crippen molar-refractivity contribution in [1.82, 2.24) is 0 Å². The number of aliphatic hydroxyl groups excluding tert-OH is 1. The summed E-state index contributed by atoms with van der Waals surface area (Å²) in [7, 11) is 0. The Morgan fingerprint density at radius 2 is 1.50 bits per heavy atom. The van der Waals surface area contributed by atoms with Gasteiger partial charge in [0.25, 0.3) is 5.91 Å². The molecule has 0 bridgehead atoms. The Morgan fingerprint density at radius 3 is 2.15 bits per heavy atom. The molecule has 2 rings (SSSR count). The van der Waals surface area contributed by atoms with Crippen LogP contribution in [0, 0.1) is 0 Å². The normalized spacial score (nSPS) is 11.8. The summed E-state index contributed by atoms with van der Waals surface area (Å²) in [6.45, 7) is 1.44. The zero-order valence-corrected chi connectivity index (χ0v) is 14.9. The number of hydrogen-bond donors (Lipinski definition) is 3. The Balaban J connectivity index is 1.84. The molecule has 1 atom stereocenters. The standard InChI is InChI=1S/C21H25NO4/c1-15(23)20(24)22-19-14-8-6-12-17(19)11-4-2-3-9-16-10-5-7-13-18(16)21(25)26/h5-8,10,12-15,23H,2-4,9,11H2,1H3,(H,22,24)(H,25,26)/t15-/m0/s1. The van der Waals surface area contributed by atoms with Crippen molar-refractivity contribution in [2.75, 3.05) is 5.32 Å². The Morgan fingerprint density at radius 1 is 0.923 bits per heavy atom. The smallest absolute Gasteiger partial charge is 0.335 e. The number of hydrogen-bond acceptors (Lipinski definition) is 3. The SMILES string of the molecule is C[C@H](O)C(=O)Nc1ccccc1CCCCCc1ccccc1C(=O)O. The molecule has 0 fully saturated rings. The van der Waals surface area contributed by atoms with Gasteiger partial charge in [-0.15, -0.1) is 0 Å². The maximum Gasteiger partial charge on any atom is 0.335 e. The number of carbonyl (C=O) groups excluding carboxylic acids is 1. The number of carboxylic acid groups (broad SMARTS) is 1. The molecule has 5 nitrogen and oxygen atoms in total. The fourth-order valence-corrected chi connectivity index (χ4v) is 2.85. The van der Waals surface area contributed by atoms with E-state index in [1.54, 1.807) is 12.1 Å². The van der Waals surface area contributed by atoms with E-state index in [1.165, 1.54) is 6.92 Å². The quantitative estimate of drug-likeness (QED) is 0.599. The average Bonchev–Trinajstić information content (AvgIpc) is 2.62. The number of nitrogens with one attached hydrogen (secondary N) is 1. The third-order valence-corrected chi connectivity index (χ3v) is 4.29. The van der Waals surface area contributed by atoms with E-state index in [0.29, 0.717) is 5.56 Å². The van der Waals surface area contributed by atoms with Crippen LogP contribution < -0.4 is 5.32 Å². The van der Waals surface area contributed by atoms with Gasteiger partial charge in [0.05, 0.1) is 5.56 Å². The minimum Gasteiger partial charge on any atom is -0.478 e. The van der Waals surface area contributed by atoms with Gasteiger partial charge in [-0.25, -0.2) is 4.79 Å². The van der Waals surface area contributed by atoms with Crippen LogP contribution in [-0.2, 0) is 17.6 Å². The van der Waals surface area contributed by atoms with Gasteiger partial charge in [0, 0.05) is 5.69 Å². The first-order valence-electron chi connectivity index (χ1n) is 8.87. The first-order chi connectivity index (χ1) is 12.5. The fraction of sp³-hybridized carbons (Fsp3) is 0.333. The molecule has 26 heavy (non-hydrogen) atoms. The predicted molar refractivity (Wildman–Crippen MR) is 101 cm³/mol. The highest BCUT2D eigenvalue weighted by Gasteiger charge is 2.11. The van der Waals surface area contributed by atoms with Crippen molar-refractivity contribution in [3.05, 3.63) is 65.2 Å². The van der Waals surface area contributed by atoms with Crippen molar-refractivity contribution in [1.29, 1.82) is 0 Å². The second kappa shape index (κ2) is 9.73. The van der Waals surface area contributed by atoms with E-state index in [1.807, 2.05) is 36.4 Å². The lowest BCUT2D eigenvalue weighted by Crippen LogP contribution is -2.25. The molecule has 0 aliphatic carbocycles. The molecule has 0 aromatic heterocycles. The molecule has 1 amide bonds. The number of rotatable bonds is 9. The highest BCUT2D eigenvalue weighted by molar-refractivity contribution is 5.94. The van der Waals surface area contributed by atoms with Gasteiger partial charge in [-0.3, -0.25) is 4.79 Å². The summed E-state index contributed by atoms with van der Waals surface area (Å²) in [5.41, 5.74) is 3.00. The van der Waals surface area contributed by atoms with Crippen LogP contribution in [-0.4, -0.2) is 28.2 Å². The van der Waals surface area contributed by atoms with Crippen LogP contribution in [0.3, 0.4) is 0 Å². The van der Waals surface area contributed by atoms with Crippen LogP contribution in [0.2, 0.25) is 0 Å². The molecule has 3 N–H and O–H groups in total. The van der Waals surface area contributed by atoms with Crippen molar-refractivity contribution in [2.24, 2.45) is 0 Å². The summed E-state index contributed by atoms with van der Waals surface area (Å²) in [4.78, 5) is 22.9. The van der Waals surface area contributed by atoms with Gasteiger partial charge in [0.15, 0.2) is 0 Å². The van der Waals surface area contributed by atoms with E-state index in [2.05, 4.69) is 5.32 Å². The van der Waals surface area contributed by atoms with Crippen LogP contribution in [0.1, 0.15) is 47.7 Å². The number of carbonyl (C=O) groups is 2. The molecule has 2 aromatic rings. The maximum absolute atomic E-state index is 11.7. The van der Waals surface area contributed by atoms with E-state index in [9.17, 15) is 19.8 Å². The Labute approximate surface area is 153 Å². The molecule has 0 heterocycles. The molecule has 0 aliphatic rings. The summed E-state index contributed by atoms with van der Waals surface area (Å²) in [5, 5.41) is 21.3. The lowest BCUT2D eigenvalue weighted by Gasteiger charge is -2.12. The summed E-state index contributed by atoms with van der Waals surface area (Å²) in [5.74, 6) is -1.30. The second-order valence-electron chi connectivity index (χ2n) is 6.35. The highest BCUT2D eigenvalue weighted by atomic mass is 16.4. The summed E-state index contributed by atoms with van der Waals surface area (Å²) in [6, 6.07) is 14.7. The van der Waals surface area contributed by atoms with Gasteiger partial charge >= 0.3 is 5.97 Å². The molecular formula is C21H25NO4. The number of unbranched alkanes of at least 4 members (excludes halogenated alkanes) is 2. The van der Waals surface area contributed by atoms with Crippen LogP contribution in [0.4, 0.5) is 5.69 Å². The minimum atomic E-state index is -1.04. The monoisotopic (exact) mass is 355 g/mol. The minimum absolute atomic E-state index is 0.374. The first-order valence-corrected chi connectivity index (χ1v) is 8.87. The number of benzene rings is 2. The number of para-hydroxylation sites is 1. The van der Waals surface area contributed by atoms with Crippen molar-refractivity contribution < 1.29 is 19.8 Å². The number of aliphatic hydroxyl groups is 1. The number of anilines is 1. The molecular weight excluding hydrogens is 330 g/mol. The van der Waals surface area contributed by atoms with E-state index >= 15 is 0 Å². The third kappa shape index (κ3) is 5.70. The van der Waals surface area contributed by atoms with Gasteiger partial charge in [-0.2, -0.15) is 0 Å². The molecule has 0 unspecified atom stereocenters. The van der Waals surface area contributed by atoms with Gasteiger partial charge in [0.2, 0.25) is 0 Å². The summed E-state index contributed by atoms with van der Waals surface area (Å²) in [6.07, 6.45) is 3.33. The predicted octanol–water partition coefficient (Wildman–Crippen LogP) is 3.66. The van der Waals surface area contributed by atoms with Crippen LogP contribution >= 0.6 is 0 Å². The number of amides is 1. The Kier molecular flexibility index (Phi) is 7.36. The number of aromatic carboxylic acids is 1. The topological polar surface area (TPSA) is 86.6 Å². The number of carboxylic acids is 1. The lowest BCUT2D eigenvalue weighted by atomic mass is 9.99. The Bertz CT molecular complexity index is 755. The van der Waals surface area contributed by atoms with E-state index < -0.39 is 18.0 Å². The molecule has 5 heteroatoms. The molecule has 0 saturated carbocycles. The van der Waals surface area contributed by atoms with Gasteiger partial charge < -0.3 is 15.5 Å². The second-order valence-corrected chi connectivity index (χ2v) is 6.35. The van der Waals surface area contributed by atoms with Gasteiger partial charge in [-0.05, 0) is 55.9 Å². The summed E-state index contributed by atoms with van der Waals surface area (Å²) < 4.78 is 0. The molecule has 2 aromatic carbocycles. The van der Waals surface area contributed by atoms with Crippen LogP contribution in [0.15, 0.2) is 48.5 Å². The van der Waals surface area contributed by atoms with Gasteiger partial charge in [0.1, 0.15) is 6.10 Å². The van der Waals surface area contributed by atoms with Crippen LogP contribution in [0.25, 0.3) is 0 Å². The van der Waals surface area contributed by atoms with Gasteiger partial charge in [-0.1, -0.05) is 42.8 Å². The molecule has 0 radical (unpaired) electrons. The first kappa shape index (κ1) is 19.7. The van der Waals surface area contributed by atoms with Crippen molar-refractivity contribution in [2.45, 2.75) is 45.1 Å². The fourth-order valence-electron chi connectivity index (χ4n) is 2.85. The van der Waals surface area contributed by atoms with Crippen molar-refractivity contribution in [3.8, 4) is 0 Å². The summed E-state index contributed by atoms with van der Waals surface area (Å²) >= 11 is 0. The lowest BCUT2D eigenvalue weighted by molar-refractivity contribution is -0.123. The molecule has 0 aliphatic heterocycles. The number of aryl methyl sites for hydroxylation is 2. The Hall–Kier alpha value is -2.66. The van der Waals surface area contributed by atoms with E-state index in [4.69, 9.17) is 0 Å². The van der Waals surface area contributed by atoms with Crippen LogP contribution in [0.5, 0.6) is 0 Å². The molecule has 0 saturated heterocycles. The van der Waals surface area contributed by atoms with Crippen molar-refractivity contribution >= 4 is 17.6 Å². The van der Waals surface area contributed by atoms with Crippen molar-refractivity contribution in [3.63, 3.8) is 0 Å². The highest BCUT2D eigenvalue weighted by Crippen LogP contribution is 2.19. The largest absolute Gasteiger partial charge is 0.478 e. The zero-order valence-electron chi connectivity index (χ0n) is 14.9. The molecule has 138 valence electrons. The molecule has 0 spiro atoms. The maximum atomic E-state index is 11.7. The zero-order chi connectivity index (χ0) is 18.9. The third-order valence-electron chi connectivity index (χ3n) is 4.29. The van der Waals surface area contributed by atoms with E-state index in [-0.39, 0.29) is 0 Å².